The molecule has 0 saturated heterocycles. The van der Waals surface area contributed by atoms with Crippen molar-refractivity contribution in [3.8, 4) is 0 Å². The van der Waals surface area contributed by atoms with E-state index in [2.05, 4.69) is 4.72 Å². The van der Waals surface area contributed by atoms with E-state index in [-0.39, 0.29) is 5.54 Å². The molecular weight excluding hydrogens is 224 g/mol. The van der Waals surface area contributed by atoms with E-state index >= 15 is 0 Å². The summed E-state index contributed by atoms with van der Waals surface area (Å²) in [4.78, 5) is 0. The van der Waals surface area contributed by atoms with Gasteiger partial charge in [-0.1, -0.05) is 12.1 Å². The highest BCUT2D eigenvalue weighted by molar-refractivity contribution is 7.92. The van der Waals surface area contributed by atoms with Gasteiger partial charge in [0.05, 0.1) is 6.26 Å². The lowest BCUT2D eigenvalue weighted by Gasteiger charge is -2.18. The second kappa shape index (κ2) is 4.43. The minimum Gasteiger partial charge on any atom is -0.325 e. The number of anilines is 1. The Bertz CT molecular complexity index is 444. The van der Waals surface area contributed by atoms with Crippen LogP contribution in [0.4, 0.5) is 5.69 Å². The Morgan fingerprint density at radius 1 is 1.25 bits per heavy atom. The van der Waals surface area contributed by atoms with Gasteiger partial charge in [0.15, 0.2) is 0 Å². The number of hydrogen-bond donors (Lipinski definition) is 2. The molecule has 0 saturated carbocycles. The summed E-state index contributed by atoms with van der Waals surface area (Å²) in [7, 11) is -3.20. The lowest BCUT2D eigenvalue weighted by molar-refractivity contribution is 0.517. The molecule has 90 valence electrons. The summed E-state index contributed by atoms with van der Waals surface area (Å²) in [5.74, 6) is 0. The van der Waals surface area contributed by atoms with Crippen molar-refractivity contribution >= 4 is 15.7 Å². The molecule has 0 amide bonds. The maximum Gasteiger partial charge on any atom is 0.229 e. The molecule has 16 heavy (non-hydrogen) atoms. The van der Waals surface area contributed by atoms with Crippen molar-refractivity contribution in [1.82, 2.24) is 0 Å². The summed E-state index contributed by atoms with van der Waals surface area (Å²) >= 11 is 0. The van der Waals surface area contributed by atoms with Crippen LogP contribution in [0.1, 0.15) is 19.4 Å². The van der Waals surface area contributed by atoms with Crippen LogP contribution in [0.5, 0.6) is 0 Å². The molecule has 1 aromatic carbocycles. The highest BCUT2D eigenvalue weighted by Crippen LogP contribution is 2.14. The first-order valence-corrected chi connectivity index (χ1v) is 6.90. The summed E-state index contributed by atoms with van der Waals surface area (Å²) in [6.07, 6.45) is 1.88. The van der Waals surface area contributed by atoms with Crippen LogP contribution in [-0.2, 0) is 16.4 Å². The molecule has 0 aliphatic heterocycles. The summed E-state index contributed by atoms with van der Waals surface area (Å²) in [5.41, 5.74) is 7.30. The number of benzene rings is 1. The highest BCUT2D eigenvalue weighted by atomic mass is 32.2. The maximum atomic E-state index is 11.0. The average molecular weight is 242 g/mol. The first kappa shape index (κ1) is 13.0. The van der Waals surface area contributed by atoms with Gasteiger partial charge in [0, 0.05) is 11.2 Å². The molecule has 1 aromatic rings. The third-order valence-electron chi connectivity index (χ3n) is 1.92. The van der Waals surface area contributed by atoms with Gasteiger partial charge < -0.3 is 5.73 Å². The molecule has 0 unspecified atom stereocenters. The summed E-state index contributed by atoms with van der Waals surface area (Å²) in [5, 5.41) is 0. The van der Waals surface area contributed by atoms with Gasteiger partial charge in [0.1, 0.15) is 0 Å². The normalized spacial score (nSPS) is 12.5. The van der Waals surface area contributed by atoms with E-state index in [9.17, 15) is 8.42 Å². The third-order valence-corrected chi connectivity index (χ3v) is 2.52. The van der Waals surface area contributed by atoms with E-state index in [0.29, 0.717) is 5.69 Å². The molecule has 0 aliphatic rings. The van der Waals surface area contributed by atoms with E-state index in [1.807, 2.05) is 26.0 Å². The zero-order valence-corrected chi connectivity index (χ0v) is 10.6. The van der Waals surface area contributed by atoms with Crippen LogP contribution in [0.2, 0.25) is 0 Å². The molecule has 0 heterocycles. The van der Waals surface area contributed by atoms with E-state index in [0.717, 1.165) is 18.2 Å². The molecule has 3 N–H and O–H groups in total. The lowest BCUT2D eigenvalue weighted by Crippen LogP contribution is -2.34. The van der Waals surface area contributed by atoms with Crippen LogP contribution < -0.4 is 10.5 Å². The quantitative estimate of drug-likeness (QED) is 0.837. The number of hydrogen-bond acceptors (Lipinski definition) is 3. The molecule has 0 atom stereocenters. The van der Waals surface area contributed by atoms with Crippen LogP contribution in [0.15, 0.2) is 24.3 Å². The molecule has 0 bridgehead atoms. The SMILES string of the molecule is CC(C)(N)Cc1ccc(NS(C)(=O)=O)cc1. The van der Waals surface area contributed by atoms with Gasteiger partial charge >= 0.3 is 0 Å². The molecule has 1 rings (SSSR count). The molecule has 5 heteroatoms. The van der Waals surface area contributed by atoms with Crippen LogP contribution in [0, 0.1) is 0 Å². The maximum absolute atomic E-state index is 11.0. The van der Waals surface area contributed by atoms with Gasteiger partial charge in [0.25, 0.3) is 0 Å². The van der Waals surface area contributed by atoms with Crippen molar-refractivity contribution in [2.24, 2.45) is 5.73 Å². The molecule has 0 aromatic heterocycles. The summed E-state index contributed by atoms with van der Waals surface area (Å²) < 4.78 is 24.4. The molecule has 4 nitrogen and oxygen atoms in total. The van der Waals surface area contributed by atoms with Gasteiger partial charge in [0.2, 0.25) is 10.0 Å². The smallest absolute Gasteiger partial charge is 0.229 e. The van der Waals surface area contributed by atoms with Crippen molar-refractivity contribution < 1.29 is 8.42 Å². The average Bonchev–Trinajstić information content (AvgIpc) is 2.03. The van der Waals surface area contributed by atoms with E-state index < -0.39 is 10.0 Å². The van der Waals surface area contributed by atoms with Crippen LogP contribution in [0.25, 0.3) is 0 Å². The zero-order valence-electron chi connectivity index (χ0n) is 9.82. The van der Waals surface area contributed by atoms with Gasteiger partial charge in [-0.15, -0.1) is 0 Å². The van der Waals surface area contributed by atoms with Crippen molar-refractivity contribution in [3.05, 3.63) is 29.8 Å². The Hall–Kier alpha value is -1.07. The van der Waals surface area contributed by atoms with Crippen LogP contribution >= 0.6 is 0 Å². The number of sulfonamides is 1. The monoisotopic (exact) mass is 242 g/mol. The summed E-state index contributed by atoms with van der Waals surface area (Å²) in [6.45, 7) is 3.91. The fourth-order valence-corrected chi connectivity index (χ4v) is 2.00. The van der Waals surface area contributed by atoms with E-state index in [4.69, 9.17) is 5.73 Å². The highest BCUT2D eigenvalue weighted by Gasteiger charge is 2.11. The van der Waals surface area contributed by atoms with Crippen LogP contribution in [0.3, 0.4) is 0 Å². The Labute approximate surface area is 96.9 Å². The molecular formula is C11H18N2O2S. The second-order valence-electron chi connectivity index (χ2n) is 4.74. The molecule has 0 fully saturated rings. The first-order chi connectivity index (χ1) is 7.16. The van der Waals surface area contributed by atoms with E-state index in [1.54, 1.807) is 12.1 Å². The fourth-order valence-electron chi connectivity index (χ4n) is 1.43. The number of nitrogens with two attached hydrogens (primary N) is 1. The molecule has 0 spiro atoms. The van der Waals surface area contributed by atoms with Crippen molar-refractivity contribution in [2.45, 2.75) is 25.8 Å². The second-order valence-corrected chi connectivity index (χ2v) is 6.48. The Morgan fingerprint density at radius 3 is 2.12 bits per heavy atom. The third kappa shape index (κ3) is 5.14. The minimum atomic E-state index is -3.20. The van der Waals surface area contributed by atoms with Crippen molar-refractivity contribution in [3.63, 3.8) is 0 Å². The largest absolute Gasteiger partial charge is 0.325 e. The number of rotatable bonds is 4. The fraction of sp³-hybridized carbons (Fsp3) is 0.455. The predicted molar refractivity (Wildman–Crippen MR) is 66.9 cm³/mol. The van der Waals surface area contributed by atoms with Crippen LogP contribution in [-0.4, -0.2) is 20.2 Å². The number of nitrogens with one attached hydrogen (secondary N) is 1. The van der Waals surface area contributed by atoms with Gasteiger partial charge in [-0.25, -0.2) is 8.42 Å². The Kier molecular flexibility index (Phi) is 3.60. The van der Waals surface area contributed by atoms with Gasteiger partial charge in [-0.05, 0) is 38.0 Å². The van der Waals surface area contributed by atoms with Crippen molar-refractivity contribution in [2.75, 3.05) is 11.0 Å². The minimum absolute atomic E-state index is 0.258. The molecule has 0 radical (unpaired) electrons. The first-order valence-electron chi connectivity index (χ1n) is 5.01. The molecule has 0 aliphatic carbocycles. The standard InChI is InChI=1S/C11H18N2O2S/c1-11(2,12)8-9-4-6-10(7-5-9)13-16(3,14)15/h4-7,13H,8,12H2,1-3H3. The lowest BCUT2D eigenvalue weighted by atomic mass is 9.96. The Balaban J connectivity index is 2.76. The van der Waals surface area contributed by atoms with Crippen molar-refractivity contribution in [1.29, 1.82) is 0 Å². The topological polar surface area (TPSA) is 72.2 Å². The summed E-state index contributed by atoms with van der Waals surface area (Å²) in [6, 6.07) is 7.23. The predicted octanol–water partition coefficient (Wildman–Crippen LogP) is 1.34. The Morgan fingerprint density at radius 2 is 1.75 bits per heavy atom. The van der Waals surface area contributed by atoms with E-state index in [1.165, 1.54) is 0 Å². The van der Waals surface area contributed by atoms with Gasteiger partial charge in [-0.2, -0.15) is 0 Å². The zero-order chi connectivity index (χ0) is 12.4. The van der Waals surface area contributed by atoms with Gasteiger partial charge in [-0.3, -0.25) is 4.72 Å².